The van der Waals surface area contributed by atoms with Gasteiger partial charge in [0.2, 0.25) is 0 Å². The summed E-state index contributed by atoms with van der Waals surface area (Å²) in [5.41, 5.74) is 4.75. The molecule has 10 rings (SSSR count). The van der Waals surface area contributed by atoms with Crippen molar-refractivity contribution in [1.82, 2.24) is 9.55 Å². The van der Waals surface area contributed by atoms with Gasteiger partial charge in [-0.1, -0.05) is 170 Å². The molecular weight excluding hydrogens is 641 g/mol. The fourth-order valence-corrected chi connectivity index (χ4v) is 7.24. The number of para-hydroxylation sites is 3. The third kappa shape index (κ3) is 5.32. The molecule has 0 aliphatic heterocycles. The Morgan fingerprint density at radius 1 is 0.396 bits per heavy atom. The Labute approximate surface area is 330 Å². The molecule has 248 valence electrons. The molecule has 0 saturated heterocycles. The number of benzene rings is 9. The van der Waals surface area contributed by atoms with Crippen LogP contribution >= 0.6 is 0 Å². The highest BCUT2D eigenvalue weighted by Crippen LogP contribution is 2.47. The Kier molecular flexibility index (Phi) is 4.64. The Bertz CT molecular complexity index is 3740. The maximum atomic E-state index is 9.04. The van der Waals surface area contributed by atoms with Crippen molar-refractivity contribution in [3.8, 4) is 61.6 Å². The average Bonchev–Trinajstić information content (AvgIpc) is 3.73. The highest BCUT2D eigenvalue weighted by molar-refractivity contribution is 6.23. The Hall–Kier alpha value is -7.03. The van der Waals surface area contributed by atoms with E-state index in [4.69, 9.17) is 25.5 Å². The van der Waals surface area contributed by atoms with E-state index in [1.807, 2.05) is 60.7 Å². The van der Waals surface area contributed by atoms with Gasteiger partial charge in [-0.3, -0.25) is 4.57 Å². The van der Waals surface area contributed by atoms with Crippen molar-refractivity contribution >= 4 is 32.6 Å². The molecule has 0 radical (unpaired) electrons. The first-order valence-electron chi connectivity index (χ1n) is 24.4. The van der Waals surface area contributed by atoms with Crippen LogP contribution < -0.4 is 0 Å². The van der Waals surface area contributed by atoms with Crippen LogP contribution in [-0.2, 0) is 0 Å². The molecule has 0 saturated carbocycles. The lowest BCUT2D eigenvalue weighted by Crippen LogP contribution is -1.99. The SMILES string of the molecule is [2H]c1c([2H])c([2H])c(-c2cccc(-c3c4ccccc4c(-c4ccccc4-c4nc5ccccc5n4-c4c([2H])c([2H])c([2H])c([2H])c4[2H])c4ccc(-c5c([2H])c([2H])c([2H])c([2H])c5[2H])cc34)c2)c([2H])c1[2H]. The van der Waals surface area contributed by atoms with E-state index in [1.54, 1.807) is 59.2 Å². The molecule has 53 heavy (non-hydrogen) atoms. The van der Waals surface area contributed by atoms with Crippen molar-refractivity contribution in [2.45, 2.75) is 0 Å². The first kappa shape index (κ1) is 19.0. The van der Waals surface area contributed by atoms with E-state index in [1.165, 1.54) is 0 Å². The second kappa shape index (κ2) is 12.9. The zero-order chi connectivity index (χ0) is 48.2. The number of hydrogen-bond acceptors (Lipinski definition) is 1. The molecule has 0 unspecified atom stereocenters. The van der Waals surface area contributed by atoms with E-state index >= 15 is 0 Å². The second-order valence-corrected chi connectivity index (χ2v) is 12.4. The minimum Gasteiger partial charge on any atom is -0.292 e. The van der Waals surface area contributed by atoms with E-state index < -0.39 is 78.6 Å². The average molecular weight is 690 g/mol. The van der Waals surface area contributed by atoms with Crippen LogP contribution in [0.1, 0.15) is 20.6 Å². The van der Waals surface area contributed by atoms with Crippen molar-refractivity contribution in [2.24, 2.45) is 0 Å². The van der Waals surface area contributed by atoms with E-state index in [-0.39, 0.29) is 28.9 Å². The van der Waals surface area contributed by atoms with Crippen LogP contribution in [0.25, 0.3) is 94.2 Å². The van der Waals surface area contributed by atoms with Gasteiger partial charge >= 0.3 is 0 Å². The quantitative estimate of drug-likeness (QED) is 0.159. The summed E-state index contributed by atoms with van der Waals surface area (Å²) in [5, 5.41) is 2.69. The maximum Gasteiger partial charge on any atom is 0.146 e. The molecule has 10 aromatic rings. The van der Waals surface area contributed by atoms with E-state index in [2.05, 4.69) is 0 Å². The number of rotatable bonds is 6. The van der Waals surface area contributed by atoms with Crippen molar-refractivity contribution < 1.29 is 20.6 Å². The first-order chi connectivity index (χ1) is 32.5. The number of fused-ring (bicyclic) bond motifs is 3. The Morgan fingerprint density at radius 3 is 1.70 bits per heavy atom. The van der Waals surface area contributed by atoms with Gasteiger partial charge in [0.25, 0.3) is 0 Å². The maximum absolute atomic E-state index is 9.04. The summed E-state index contributed by atoms with van der Waals surface area (Å²) < 4.78 is 131. The summed E-state index contributed by atoms with van der Waals surface area (Å²) in [4.78, 5) is 5.07. The molecule has 0 aliphatic carbocycles. The molecule has 0 N–H and O–H groups in total. The molecule has 1 heterocycles. The monoisotopic (exact) mass is 689 g/mol. The van der Waals surface area contributed by atoms with E-state index in [9.17, 15) is 0 Å². The number of hydrogen-bond donors (Lipinski definition) is 0. The molecule has 0 bridgehead atoms. The summed E-state index contributed by atoms with van der Waals surface area (Å²) in [7, 11) is 0. The fraction of sp³-hybridized carbons (Fsp3) is 0. The third-order valence-corrected chi connectivity index (χ3v) is 9.46. The third-order valence-electron chi connectivity index (χ3n) is 9.46. The summed E-state index contributed by atoms with van der Waals surface area (Å²) in [6.07, 6.45) is 0. The van der Waals surface area contributed by atoms with Crippen molar-refractivity contribution in [1.29, 1.82) is 0 Å². The lowest BCUT2D eigenvalue weighted by atomic mass is 9.83. The lowest BCUT2D eigenvalue weighted by molar-refractivity contribution is 1.10. The Balaban J connectivity index is 1.34. The molecule has 2 heteroatoms. The van der Waals surface area contributed by atoms with Crippen molar-refractivity contribution in [2.75, 3.05) is 0 Å². The van der Waals surface area contributed by atoms with Crippen LogP contribution in [0.2, 0.25) is 0 Å². The van der Waals surface area contributed by atoms with E-state index in [0.717, 1.165) is 5.39 Å². The number of nitrogens with zero attached hydrogens (tertiary/aromatic N) is 2. The van der Waals surface area contributed by atoms with Gasteiger partial charge < -0.3 is 0 Å². The van der Waals surface area contributed by atoms with Gasteiger partial charge in [-0.25, -0.2) is 4.98 Å². The predicted octanol–water partition coefficient (Wildman–Crippen LogP) is 13.7. The van der Waals surface area contributed by atoms with Gasteiger partial charge in [-0.15, -0.1) is 0 Å². The van der Waals surface area contributed by atoms with Gasteiger partial charge in [0.05, 0.1) is 31.6 Å². The molecule has 0 fully saturated rings. The zero-order valence-corrected chi connectivity index (χ0v) is 27.9. The van der Waals surface area contributed by atoms with Crippen LogP contribution in [0.4, 0.5) is 0 Å². The fourth-order valence-electron chi connectivity index (χ4n) is 7.24. The highest BCUT2D eigenvalue weighted by atomic mass is 15.1. The topological polar surface area (TPSA) is 17.8 Å². The van der Waals surface area contributed by atoms with Gasteiger partial charge in [0.1, 0.15) is 5.82 Å². The van der Waals surface area contributed by atoms with Crippen LogP contribution in [-0.4, -0.2) is 9.55 Å². The van der Waals surface area contributed by atoms with Crippen molar-refractivity contribution in [3.05, 3.63) is 206 Å². The smallest absolute Gasteiger partial charge is 0.146 e. The standard InChI is InChI=1S/C51H34N2/c1-4-17-35(18-5-1)37-21-16-22-39(33-37)49-41-25-10-11-26-42(41)50(44-32-31-38(34-46(44)49)36-19-6-2-7-20-36)43-27-12-13-28-45(43)51-52-47-29-14-15-30-48(47)53(51)40-23-8-3-9-24-40/h1-34H/i1D,2D,3D,4D,5D,6D,7D,8D,9D,17D,18D,19D,20D,23D,24D. The minimum absolute atomic E-state index is 0.0128. The first-order valence-corrected chi connectivity index (χ1v) is 16.9. The predicted molar refractivity (Wildman–Crippen MR) is 223 cm³/mol. The highest BCUT2D eigenvalue weighted by Gasteiger charge is 2.22. The van der Waals surface area contributed by atoms with Gasteiger partial charge in [-0.05, 0) is 102 Å². The molecule has 0 spiro atoms. The molecule has 0 aliphatic rings. The van der Waals surface area contributed by atoms with Gasteiger partial charge in [0, 0.05) is 11.3 Å². The molecule has 9 aromatic carbocycles. The van der Waals surface area contributed by atoms with Crippen LogP contribution in [0.15, 0.2) is 206 Å². The summed E-state index contributed by atoms with van der Waals surface area (Å²) in [6, 6.07) is 27.6. The molecule has 2 nitrogen and oxygen atoms in total. The van der Waals surface area contributed by atoms with E-state index in [0.29, 0.717) is 72.0 Å². The van der Waals surface area contributed by atoms with Gasteiger partial charge in [0.15, 0.2) is 0 Å². The summed E-state index contributed by atoms with van der Waals surface area (Å²) >= 11 is 0. The number of aromatic nitrogens is 2. The largest absolute Gasteiger partial charge is 0.292 e. The second-order valence-electron chi connectivity index (χ2n) is 12.4. The Morgan fingerprint density at radius 2 is 0.962 bits per heavy atom. The van der Waals surface area contributed by atoms with Crippen LogP contribution in [0, 0.1) is 0 Å². The molecule has 0 atom stereocenters. The summed E-state index contributed by atoms with van der Waals surface area (Å²) in [6.45, 7) is 0. The molecule has 0 amide bonds. The van der Waals surface area contributed by atoms with Crippen LogP contribution in [0.5, 0.6) is 0 Å². The summed E-state index contributed by atoms with van der Waals surface area (Å²) in [5.74, 6) is 0.295. The number of imidazole rings is 1. The van der Waals surface area contributed by atoms with Gasteiger partial charge in [-0.2, -0.15) is 0 Å². The van der Waals surface area contributed by atoms with Crippen molar-refractivity contribution in [3.63, 3.8) is 0 Å². The zero-order valence-electron chi connectivity index (χ0n) is 42.9. The molecule has 1 aromatic heterocycles. The normalized spacial score (nSPS) is 15.4. The minimum atomic E-state index is -0.533. The molecular formula is C51H34N2. The lowest BCUT2D eigenvalue weighted by Gasteiger charge is -2.21. The van der Waals surface area contributed by atoms with Crippen LogP contribution in [0.3, 0.4) is 0 Å².